The fourth-order valence-electron chi connectivity index (χ4n) is 5.71. The standard InChI is InChI=1S/C22H30N2O2/c1-2-3-8-26-20-7-5-4-6-19(20)15-23-24-21(25)22-12-16-9-17(13-22)11-18(10-16)14-22/h4-7,15-18H,2-3,8-14H2,1H3,(H,24,25)/b23-15+. The summed E-state index contributed by atoms with van der Waals surface area (Å²) in [6, 6.07) is 7.86. The third kappa shape index (κ3) is 3.51. The van der Waals surface area contributed by atoms with E-state index in [4.69, 9.17) is 4.74 Å². The molecule has 4 bridgehead atoms. The van der Waals surface area contributed by atoms with Gasteiger partial charge in [0.15, 0.2) is 0 Å². The summed E-state index contributed by atoms with van der Waals surface area (Å²) < 4.78 is 5.83. The maximum Gasteiger partial charge on any atom is 0.246 e. The van der Waals surface area contributed by atoms with E-state index in [1.54, 1.807) is 6.21 Å². The average molecular weight is 354 g/mol. The molecule has 1 aromatic rings. The molecule has 4 aliphatic rings. The summed E-state index contributed by atoms with van der Waals surface area (Å²) in [5.74, 6) is 3.27. The molecule has 0 unspecified atom stereocenters. The molecule has 0 heterocycles. The number of nitrogens with one attached hydrogen (secondary N) is 1. The molecule has 0 aliphatic heterocycles. The number of rotatable bonds is 7. The topological polar surface area (TPSA) is 50.7 Å². The van der Waals surface area contributed by atoms with Gasteiger partial charge in [0, 0.05) is 5.56 Å². The minimum Gasteiger partial charge on any atom is -0.493 e. The SMILES string of the molecule is CCCCOc1ccccc1/C=N/NC(=O)C12CC3CC(CC(C3)C1)C2. The van der Waals surface area contributed by atoms with Crippen LogP contribution in [0.25, 0.3) is 0 Å². The lowest BCUT2D eigenvalue weighted by atomic mass is 9.49. The molecule has 4 saturated carbocycles. The quantitative estimate of drug-likeness (QED) is 0.444. The van der Waals surface area contributed by atoms with Crippen LogP contribution in [-0.4, -0.2) is 18.7 Å². The van der Waals surface area contributed by atoms with Gasteiger partial charge in [0.2, 0.25) is 5.91 Å². The second kappa shape index (κ2) is 7.42. The highest BCUT2D eigenvalue weighted by Crippen LogP contribution is 2.60. The van der Waals surface area contributed by atoms with E-state index in [9.17, 15) is 4.79 Å². The van der Waals surface area contributed by atoms with Gasteiger partial charge in [-0.3, -0.25) is 4.79 Å². The number of amides is 1. The molecule has 1 amide bonds. The summed E-state index contributed by atoms with van der Waals surface area (Å²) in [6.07, 6.45) is 11.1. The van der Waals surface area contributed by atoms with E-state index < -0.39 is 0 Å². The predicted octanol–water partition coefficient (Wildman–Crippen LogP) is 4.53. The largest absolute Gasteiger partial charge is 0.493 e. The summed E-state index contributed by atoms with van der Waals surface area (Å²) >= 11 is 0. The van der Waals surface area contributed by atoms with Crippen LogP contribution in [0.3, 0.4) is 0 Å². The van der Waals surface area contributed by atoms with Crippen LogP contribution in [0.2, 0.25) is 0 Å². The number of hydrazone groups is 1. The van der Waals surface area contributed by atoms with E-state index in [1.807, 2.05) is 24.3 Å². The lowest BCUT2D eigenvalue weighted by molar-refractivity contribution is -0.146. The van der Waals surface area contributed by atoms with E-state index in [0.717, 1.165) is 61.2 Å². The van der Waals surface area contributed by atoms with Crippen molar-refractivity contribution in [2.75, 3.05) is 6.61 Å². The van der Waals surface area contributed by atoms with Crippen LogP contribution < -0.4 is 10.2 Å². The fraction of sp³-hybridized carbons (Fsp3) is 0.636. The zero-order valence-corrected chi connectivity index (χ0v) is 15.7. The summed E-state index contributed by atoms with van der Waals surface area (Å²) in [5.41, 5.74) is 3.62. The average Bonchev–Trinajstić information content (AvgIpc) is 2.62. The van der Waals surface area contributed by atoms with Crippen LogP contribution in [0.15, 0.2) is 29.4 Å². The Labute approximate surface area is 156 Å². The first-order chi connectivity index (χ1) is 12.7. The number of ether oxygens (including phenoxy) is 1. The van der Waals surface area contributed by atoms with Gasteiger partial charge in [-0.15, -0.1) is 0 Å². The second-order valence-corrected chi connectivity index (χ2v) is 8.64. The number of carbonyl (C=O) groups is 1. The molecular weight excluding hydrogens is 324 g/mol. The minimum absolute atomic E-state index is 0.136. The number of benzene rings is 1. The molecule has 4 aliphatic carbocycles. The molecule has 4 fully saturated rings. The van der Waals surface area contributed by atoms with Crippen molar-refractivity contribution in [3.05, 3.63) is 29.8 Å². The van der Waals surface area contributed by atoms with E-state index in [-0.39, 0.29) is 11.3 Å². The molecule has 26 heavy (non-hydrogen) atoms. The number of unbranched alkanes of at least 4 members (excludes halogenated alkanes) is 1. The first-order valence-electron chi connectivity index (χ1n) is 10.2. The molecule has 0 aromatic heterocycles. The van der Waals surface area contributed by atoms with Gasteiger partial charge in [0.1, 0.15) is 5.75 Å². The van der Waals surface area contributed by atoms with Crippen LogP contribution in [0.5, 0.6) is 5.75 Å². The first kappa shape index (κ1) is 17.6. The third-order valence-corrected chi connectivity index (χ3v) is 6.56. The Kier molecular flexibility index (Phi) is 5.01. The van der Waals surface area contributed by atoms with Gasteiger partial charge in [-0.05, 0) is 74.8 Å². The van der Waals surface area contributed by atoms with Crippen molar-refractivity contribution in [2.24, 2.45) is 28.3 Å². The minimum atomic E-state index is -0.150. The molecule has 4 nitrogen and oxygen atoms in total. The monoisotopic (exact) mass is 354 g/mol. The number of hydrogen-bond acceptors (Lipinski definition) is 3. The van der Waals surface area contributed by atoms with Crippen LogP contribution in [0.1, 0.15) is 63.9 Å². The number of carbonyl (C=O) groups excluding carboxylic acids is 1. The highest BCUT2D eigenvalue weighted by Gasteiger charge is 2.54. The molecule has 1 N–H and O–H groups in total. The van der Waals surface area contributed by atoms with Crippen molar-refractivity contribution in [1.29, 1.82) is 0 Å². The van der Waals surface area contributed by atoms with Gasteiger partial charge in [0.05, 0.1) is 18.2 Å². The highest BCUT2D eigenvalue weighted by molar-refractivity contribution is 5.87. The highest BCUT2D eigenvalue weighted by atomic mass is 16.5. The smallest absolute Gasteiger partial charge is 0.246 e. The molecule has 0 radical (unpaired) electrons. The number of hydrogen-bond donors (Lipinski definition) is 1. The maximum absolute atomic E-state index is 12.9. The molecule has 4 heteroatoms. The Balaban J connectivity index is 1.39. The molecule has 0 atom stereocenters. The van der Waals surface area contributed by atoms with Gasteiger partial charge < -0.3 is 4.74 Å². The fourth-order valence-corrected chi connectivity index (χ4v) is 5.71. The number of para-hydroxylation sites is 1. The first-order valence-corrected chi connectivity index (χ1v) is 10.2. The Morgan fingerprint density at radius 1 is 1.19 bits per heavy atom. The zero-order chi connectivity index (χ0) is 18.0. The summed E-state index contributed by atoms with van der Waals surface area (Å²) in [7, 11) is 0. The van der Waals surface area contributed by atoms with Gasteiger partial charge in [-0.25, -0.2) is 5.43 Å². The molecule has 0 spiro atoms. The van der Waals surface area contributed by atoms with Crippen molar-refractivity contribution in [3.8, 4) is 5.75 Å². The van der Waals surface area contributed by atoms with E-state index >= 15 is 0 Å². The second-order valence-electron chi connectivity index (χ2n) is 8.64. The normalized spacial score (nSPS) is 32.1. The Hall–Kier alpha value is -1.84. The predicted molar refractivity (Wildman–Crippen MR) is 103 cm³/mol. The van der Waals surface area contributed by atoms with E-state index in [0.29, 0.717) is 6.61 Å². The summed E-state index contributed by atoms with van der Waals surface area (Å²) in [5, 5.41) is 4.28. The van der Waals surface area contributed by atoms with Crippen molar-refractivity contribution >= 4 is 12.1 Å². The van der Waals surface area contributed by atoms with Gasteiger partial charge in [-0.1, -0.05) is 25.5 Å². The molecule has 5 rings (SSSR count). The summed E-state index contributed by atoms with van der Waals surface area (Å²) in [6.45, 7) is 2.86. The lowest BCUT2D eigenvalue weighted by Gasteiger charge is -2.55. The van der Waals surface area contributed by atoms with Crippen LogP contribution >= 0.6 is 0 Å². The van der Waals surface area contributed by atoms with E-state index in [1.165, 1.54) is 19.3 Å². The Morgan fingerprint density at radius 3 is 2.50 bits per heavy atom. The Morgan fingerprint density at radius 2 is 1.85 bits per heavy atom. The summed E-state index contributed by atoms with van der Waals surface area (Å²) in [4.78, 5) is 12.9. The van der Waals surface area contributed by atoms with Crippen LogP contribution in [0.4, 0.5) is 0 Å². The van der Waals surface area contributed by atoms with Crippen molar-refractivity contribution in [1.82, 2.24) is 5.43 Å². The molecule has 140 valence electrons. The van der Waals surface area contributed by atoms with Gasteiger partial charge >= 0.3 is 0 Å². The number of nitrogens with zero attached hydrogens (tertiary/aromatic N) is 1. The van der Waals surface area contributed by atoms with Crippen molar-refractivity contribution in [3.63, 3.8) is 0 Å². The molecular formula is C22H30N2O2. The van der Waals surface area contributed by atoms with Crippen LogP contribution in [0, 0.1) is 23.2 Å². The van der Waals surface area contributed by atoms with E-state index in [2.05, 4.69) is 17.5 Å². The third-order valence-electron chi connectivity index (χ3n) is 6.56. The van der Waals surface area contributed by atoms with Crippen LogP contribution in [-0.2, 0) is 4.79 Å². The van der Waals surface area contributed by atoms with Gasteiger partial charge in [-0.2, -0.15) is 5.10 Å². The molecule has 0 saturated heterocycles. The zero-order valence-electron chi connectivity index (χ0n) is 15.7. The lowest BCUT2D eigenvalue weighted by Crippen LogP contribution is -2.52. The van der Waals surface area contributed by atoms with Crippen molar-refractivity contribution in [2.45, 2.75) is 58.3 Å². The Bertz CT molecular complexity index is 647. The maximum atomic E-state index is 12.9. The van der Waals surface area contributed by atoms with Crippen molar-refractivity contribution < 1.29 is 9.53 Å². The molecule has 1 aromatic carbocycles. The van der Waals surface area contributed by atoms with Gasteiger partial charge in [0.25, 0.3) is 0 Å².